The molecule has 0 unspecified atom stereocenters. The third-order valence-electron chi connectivity index (χ3n) is 3.98. The van der Waals surface area contributed by atoms with Crippen molar-refractivity contribution in [3.63, 3.8) is 0 Å². The van der Waals surface area contributed by atoms with Crippen molar-refractivity contribution in [1.82, 2.24) is 4.90 Å². The van der Waals surface area contributed by atoms with Gasteiger partial charge in [-0.15, -0.1) is 0 Å². The van der Waals surface area contributed by atoms with Gasteiger partial charge in [-0.2, -0.15) is 0 Å². The molecule has 0 fully saturated rings. The van der Waals surface area contributed by atoms with E-state index in [-0.39, 0.29) is 6.42 Å². The molecule has 0 aliphatic heterocycles. The van der Waals surface area contributed by atoms with Crippen molar-refractivity contribution < 1.29 is 19.4 Å². The summed E-state index contributed by atoms with van der Waals surface area (Å²) in [6.45, 7) is 9.27. The Labute approximate surface area is 150 Å². The fraction of sp³-hybridized carbons (Fsp3) is 0.500. The molecule has 25 heavy (non-hydrogen) atoms. The molecule has 0 radical (unpaired) electrons. The number of carboxylic acid groups (broad SMARTS) is 1. The van der Waals surface area contributed by atoms with Gasteiger partial charge in [-0.3, -0.25) is 14.5 Å². The molecular formula is C20H29NO4. The average Bonchev–Trinajstić information content (AvgIpc) is 2.59. The Balaban J connectivity index is 2.97. The van der Waals surface area contributed by atoms with Crippen LogP contribution in [0, 0.1) is 0 Å². The Morgan fingerprint density at radius 3 is 2.48 bits per heavy atom. The topological polar surface area (TPSA) is 66.8 Å². The minimum absolute atomic E-state index is 0.283. The van der Waals surface area contributed by atoms with Gasteiger partial charge in [-0.05, 0) is 18.4 Å². The SMILES string of the molecule is C=C(CC)CN(Cc1ccccc1)[C@@H](CC(=O)O)C(=O)OCCCC. The lowest BCUT2D eigenvalue weighted by atomic mass is 10.1. The van der Waals surface area contributed by atoms with Crippen molar-refractivity contribution in [2.45, 2.75) is 52.1 Å². The quantitative estimate of drug-likeness (QED) is 0.355. The van der Waals surface area contributed by atoms with Gasteiger partial charge in [0.05, 0.1) is 13.0 Å². The molecule has 5 heteroatoms. The zero-order chi connectivity index (χ0) is 18.7. The van der Waals surface area contributed by atoms with Gasteiger partial charge in [0, 0.05) is 13.1 Å². The first-order valence-corrected chi connectivity index (χ1v) is 8.80. The Morgan fingerprint density at radius 1 is 1.24 bits per heavy atom. The summed E-state index contributed by atoms with van der Waals surface area (Å²) in [5, 5.41) is 9.25. The summed E-state index contributed by atoms with van der Waals surface area (Å²) in [6, 6.07) is 8.87. The van der Waals surface area contributed by atoms with Crippen molar-refractivity contribution in [3.8, 4) is 0 Å². The third kappa shape index (κ3) is 7.98. The van der Waals surface area contributed by atoms with E-state index in [1.54, 1.807) is 0 Å². The van der Waals surface area contributed by atoms with Gasteiger partial charge in [-0.1, -0.05) is 62.8 Å². The molecular weight excluding hydrogens is 318 g/mol. The molecule has 0 aromatic heterocycles. The normalized spacial score (nSPS) is 12.0. The minimum Gasteiger partial charge on any atom is -0.481 e. The molecule has 138 valence electrons. The maximum Gasteiger partial charge on any atom is 0.323 e. The summed E-state index contributed by atoms with van der Waals surface area (Å²) < 4.78 is 5.31. The lowest BCUT2D eigenvalue weighted by molar-refractivity contribution is -0.155. The number of aliphatic carboxylic acids is 1. The highest BCUT2D eigenvalue weighted by Gasteiger charge is 2.30. The molecule has 1 atom stereocenters. The van der Waals surface area contributed by atoms with Crippen LogP contribution in [-0.2, 0) is 20.9 Å². The molecule has 1 aromatic carbocycles. The fourth-order valence-corrected chi connectivity index (χ4v) is 2.43. The predicted molar refractivity (Wildman–Crippen MR) is 98.2 cm³/mol. The highest BCUT2D eigenvalue weighted by molar-refractivity contribution is 5.82. The standard InChI is InChI=1S/C20H29NO4/c1-4-6-12-25-20(24)18(13-19(22)23)21(14-16(3)5-2)15-17-10-8-7-9-11-17/h7-11,18H,3-6,12-15H2,1-2H3,(H,22,23)/t18-/m0/s1. The van der Waals surface area contributed by atoms with Crippen LogP contribution in [0.5, 0.6) is 0 Å². The van der Waals surface area contributed by atoms with Crippen LogP contribution in [-0.4, -0.2) is 41.1 Å². The van der Waals surface area contributed by atoms with E-state index in [1.807, 2.05) is 49.1 Å². The van der Waals surface area contributed by atoms with Crippen LogP contribution in [0.25, 0.3) is 0 Å². The first-order valence-electron chi connectivity index (χ1n) is 8.80. The van der Waals surface area contributed by atoms with Crippen LogP contribution in [0.4, 0.5) is 0 Å². The van der Waals surface area contributed by atoms with Crippen molar-refractivity contribution in [3.05, 3.63) is 48.0 Å². The highest BCUT2D eigenvalue weighted by atomic mass is 16.5. The number of ether oxygens (including phenoxy) is 1. The van der Waals surface area contributed by atoms with Crippen LogP contribution in [0.2, 0.25) is 0 Å². The fourth-order valence-electron chi connectivity index (χ4n) is 2.43. The lowest BCUT2D eigenvalue weighted by Crippen LogP contribution is -2.44. The Morgan fingerprint density at radius 2 is 1.92 bits per heavy atom. The zero-order valence-electron chi connectivity index (χ0n) is 15.2. The Kier molecular flexibility index (Phi) is 9.55. The number of esters is 1. The molecule has 0 aliphatic rings. The summed E-state index contributed by atoms with van der Waals surface area (Å²) in [7, 11) is 0. The van der Waals surface area contributed by atoms with E-state index < -0.39 is 18.0 Å². The first kappa shape index (κ1) is 20.9. The average molecular weight is 347 g/mol. The monoisotopic (exact) mass is 347 g/mol. The van der Waals surface area contributed by atoms with E-state index in [0.29, 0.717) is 19.7 Å². The number of carbonyl (C=O) groups excluding carboxylic acids is 1. The van der Waals surface area contributed by atoms with Gasteiger partial charge in [0.15, 0.2) is 0 Å². The smallest absolute Gasteiger partial charge is 0.323 e. The number of carbonyl (C=O) groups is 2. The van der Waals surface area contributed by atoms with E-state index in [2.05, 4.69) is 6.58 Å². The van der Waals surface area contributed by atoms with Crippen molar-refractivity contribution in [2.24, 2.45) is 0 Å². The van der Waals surface area contributed by atoms with E-state index in [4.69, 9.17) is 4.74 Å². The number of hydrogen-bond donors (Lipinski definition) is 1. The van der Waals surface area contributed by atoms with E-state index in [9.17, 15) is 14.7 Å². The molecule has 0 aliphatic carbocycles. The van der Waals surface area contributed by atoms with Crippen LogP contribution in [0.1, 0.15) is 45.1 Å². The minimum atomic E-state index is -1.02. The number of unbranched alkanes of at least 4 members (excludes halogenated alkanes) is 1. The Bertz CT molecular complexity index is 556. The molecule has 0 bridgehead atoms. The predicted octanol–water partition coefficient (Wildman–Crippen LogP) is 3.64. The molecule has 1 N–H and O–H groups in total. The van der Waals surface area contributed by atoms with Crippen molar-refractivity contribution in [1.29, 1.82) is 0 Å². The van der Waals surface area contributed by atoms with E-state index >= 15 is 0 Å². The second kappa shape index (κ2) is 11.4. The number of benzene rings is 1. The third-order valence-corrected chi connectivity index (χ3v) is 3.98. The maximum atomic E-state index is 12.5. The van der Waals surface area contributed by atoms with Crippen LogP contribution < -0.4 is 0 Å². The summed E-state index contributed by atoms with van der Waals surface area (Å²) in [5.41, 5.74) is 1.97. The summed E-state index contributed by atoms with van der Waals surface area (Å²) >= 11 is 0. The van der Waals surface area contributed by atoms with Crippen LogP contribution in [0.3, 0.4) is 0 Å². The molecule has 0 saturated heterocycles. The van der Waals surface area contributed by atoms with Crippen molar-refractivity contribution in [2.75, 3.05) is 13.2 Å². The largest absolute Gasteiger partial charge is 0.481 e. The second-order valence-electron chi connectivity index (χ2n) is 6.13. The van der Waals surface area contributed by atoms with Gasteiger partial charge in [0.2, 0.25) is 0 Å². The van der Waals surface area contributed by atoms with Crippen LogP contribution in [0.15, 0.2) is 42.5 Å². The van der Waals surface area contributed by atoms with E-state index in [1.165, 1.54) is 0 Å². The number of carboxylic acids is 1. The Hall–Kier alpha value is -2.14. The summed E-state index contributed by atoms with van der Waals surface area (Å²) in [6.07, 6.45) is 2.17. The number of hydrogen-bond acceptors (Lipinski definition) is 4. The number of nitrogens with zero attached hydrogens (tertiary/aromatic N) is 1. The number of rotatable bonds is 12. The van der Waals surface area contributed by atoms with Gasteiger partial charge in [0.25, 0.3) is 0 Å². The molecule has 1 aromatic rings. The second-order valence-corrected chi connectivity index (χ2v) is 6.13. The zero-order valence-corrected chi connectivity index (χ0v) is 15.2. The lowest BCUT2D eigenvalue weighted by Gasteiger charge is -2.30. The molecule has 0 amide bonds. The van der Waals surface area contributed by atoms with Gasteiger partial charge >= 0.3 is 11.9 Å². The van der Waals surface area contributed by atoms with Crippen LogP contribution >= 0.6 is 0 Å². The molecule has 0 heterocycles. The first-order chi connectivity index (χ1) is 12.0. The molecule has 0 saturated carbocycles. The molecule has 0 spiro atoms. The molecule has 5 nitrogen and oxygen atoms in total. The van der Waals surface area contributed by atoms with Gasteiger partial charge < -0.3 is 9.84 Å². The summed E-state index contributed by atoms with van der Waals surface area (Å²) in [4.78, 5) is 25.6. The van der Waals surface area contributed by atoms with E-state index in [0.717, 1.165) is 30.4 Å². The van der Waals surface area contributed by atoms with Gasteiger partial charge in [-0.25, -0.2) is 0 Å². The van der Waals surface area contributed by atoms with Crippen molar-refractivity contribution >= 4 is 11.9 Å². The highest BCUT2D eigenvalue weighted by Crippen LogP contribution is 2.16. The molecule has 1 rings (SSSR count). The van der Waals surface area contributed by atoms with Gasteiger partial charge in [0.1, 0.15) is 6.04 Å². The summed E-state index contributed by atoms with van der Waals surface area (Å²) in [5.74, 6) is -1.49. The maximum absolute atomic E-state index is 12.5.